The van der Waals surface area contributed by atoms with E-state index in [1.807, 2.05) is 6.07 Å². The van der Waals surface area contributed by atoms with Crippen LogP contribution in [0.2, 0.25) is 0 Å². The predicted octanol–water partition coefficient (Wildman–Crippen LogP) is 12.7. The van der Waals surface area contributed by atoms with Gasteiger partial charge in [0, 0.05) is 44.6 Å². The van der Waals surface area contributed by atoms with E-state index in [1.54, 1.807) is 11.1 Å². The molecule has 3 aliphatic heterocycles. The van der Waals surface area contributed by atoms with Gasteiger partial charge in [0.1, 0.15) is 11.2 Å². The molecule has 1 spiro atoms. The van der Waals surface area contributed by atoms with E-state index in [9.17, 15) is 0 Å². The summed E-state index contributed by atoms with van der Waals surface area (Å²) in [7, 11) is 0. The molecule has 0 N–H and O–H groups in total. The van der Waals surface area contributed by atoms with Crippen LogP contribution in [0.4, 0.5) is 34.1 Å². The summed E-state index contributed by atoms with van der Waals surface area (Å²) in [5, 5.41) is 2.32. The van der Waals surface area contributed by atoms with Crippen LogP contribution in [0.1, 0.15) is 69.6 Å². The molecule has 4 bridgehead atoms. The van der Waals surface area contributed by atoms with E-state index in [2.05, 4.69) is 170 Å². The molecule has 1 aromatic heterocycles. The third-order valence-corrected chi connectivity index (χ3v) is 16.2. The highest BCUT2D eigenvalue weighted by molar-refractivity contribution is 7.00. The summed E-state index contributed by atoms with van der Waals surface area (Å²) in [5.41, 5.74) is 21.1. The van der Waals surface area contributed by atoms with Crippen molar-refractivity contribution < 1.29 is 4.42 Å². The van der Waals surface area contributed by atoms with Crippen LogP contribution in [0.3, 0.4) is 0 Å². The first-order valence-corrected chi connectivity index (χ1v) is 22.5. The molecule has 15 rings (SSSR count). The van der Waals surface area contributed by atoms with Gasteiger partial charge < -0.3 is 14.2 Å². The van der Waals surface area contributed by atoms with Crippen LogP contribution in [-0.4, -0.2) is 6.71 Å². The van der Waals surface area contributed by atoms with Gasteiger partial charge in [-0.2, -0.15) is 0 Å². The molecule has 4 heterocycles. The van der Waals surface area contributed by atoms with Crippen molar-refractivity contribution in [2.75, 3.05) is 9.80 Å². The van der Waals surface area contributed by atoms with Crippen LogP contribution in [0.15, 0.2) is 150 Å². The molecule has 4 heteroatoms. The molecule has 3 nitrogen and oxygen atoms in total. The first kappa shape index (κ1) is 33.8. The Bertz CT molecular complexity index is 3100. The number of hydrogen-bond donors (Lipinski definition) is 0. The van der Waals surface area contributed by atoms with Gasteiger partial charge in [0.05, 0.1) is 5.69 Å². The van der Waals surface area contributed by atoms with Crippen LogP contribution >= 0.6 is 0 Å². The third-order valence-electron chi connectivity index (χ3n) is 16.2. The van der Waals surface area contributed by atoms with Crippen molar-refractivity contribution in [1.29, 1.82) is 0 Å². The third kappa shape index (κ3) is 4.27. The Morgan fingerprint density at radius 3 is 2.00 bits per heavy atom. The molecule has 0 atom stereocenters. The minimum Gasteiger partial charge on any atom is -0.456 e. The van der Waals surface area contributed by atoms with Crippen molar-refractivity contribution >= 4 is 79.2 Å². The number of anilines is 6. The average Bonchev–Trinajstić information content (AvgIpc) is 3.64. The zero-order chi connectivity index (χ0) is 39.6. The molecular formula is C56H47BN2O. The Labute approximate surface area is 352 Å². The monoisotopic (exact) mass is 774 g/mol. The van der Waals surface area contributed by atoms with Crippen molar-refractivity contribution in [3.05, 3.63) is 162 Å². The summed E-state index contributed by atoms with van der Waals surface area (Å²) >= 11 is 0. The van der Waals surface area contributed by atoms with E-state index in [0.717, 1.165) is 39.3 Å². The lowest BCUT2D eigenvalue weighted by atomic mass is 9.32. The molecule has 4 fully saturated rings. The number of rotatable bonds is 2. The number of hydrogen-bond acceptors (Lipinski definition) is 3. The molecule has 0 unspecified atom stereocenters. The highest BCUT2D eigenvalue weighted by Gasteiger charge is 2.62. The van der Waals surface area contributed by atoms with Gasteiger partial charge >= 0.3 is 0 Å². The molecule has 60 heavy (non-hydrogen) atoms. The smallest absolute Gasteiger partial charge is 0.252 e. The first-order chi connectivity index (χ1) is 29.3. The normalized spacial score (nSPS) is 23.9. The molecule has 0 radical (unpaired) electrons. The number of furan rings is 1. The fraction of sp³-hybridized carbons (Fsp3) is 0.250. The van der Waals surface area contributed by atoms with E-state index in [-0.39, 0.29) is 17.5 Å². The Balaban J connectivity index is 0.969. The minimum atomic E-state index is 0.00676. The minimum absolute atomic E-state index is 0.00676. The van der Waals surface area contributed by atoms with E-state index < -0.39 is 0 Å². The number of benzene rings is 7. The van der Waals surface area contributed by atoms with Gasteiger partial charge in [0.15, 0.2) is 0 Å². The van der Waals surface area contributed by atoms with Crippen LogP contribution in [0, 0.1) is 23.7 Å². The summed E-state index contributed by atoms with van der Waals surface area (Å²) in [6.07, 6.45) is 7.00. The standard InChI is InChI=1S/C56H47BN2O/c1-55(2,3)37-21-25-45-50(32-37)58(40-22-18-35(19-23-40)36-20-24-42-41-10-4-7-17-51(41)60-52(42)31-36)48-15-9-16-49-53(48)57(45)46-13-8-12-44-54(46)59(49)47-14-6-5-11-43(47)56(44)38-27-33-26-34(29-38)30-39(56)28-33/h4-25,31-34,38-39H,26-30H2,1-3H3. The quantitative estimate of drug-likeness (QED) is 0.163. The lowest BCUT2D eigenvalue weighted by Gasteiger charge is -2.64. The van der Waals surface area contributed by atoms with Gasteiger partial charge in [-0.15, -0.1) is 0 Å². The lowest BCUT2D eigenvalue weighted by molar-refractivity contribution is -0.0419. The molecule has 7 aromatic carbocycles. The maximum Gasteiger partial charge on any atom is 0.252 e. The van der Waals surface area contributed by atoms with E-state index in [4.69, 9.17) is 4.42 Å². The van der Waals surface area contributed by atoms with E-state index in [0.29, 0.717) is 11.8 Å². The summed E-state index contributed by atoms with van der Waals surface area (Å²) in [6, 6.07) is 55.8. The second-order valence-corrected chi connectivity index (χ2v) is 20.1. The maximum absolute atomic E-state index is 6.31. The van der Waals surface area contributed by atoms with Crippen molar-refractivity contribution in [3.8, 4) is 11.1 Å². The lowest BCUT2D eigenvalue weighted by Crippen LogP contribution is -2.64. The van der Waals surface area contributed by atoms with Gasteiger partial charge in [0.25, 0.3) is 6.71 Å². The second-order valence-electron chi connectivity index (χ2n) is 20.1. The van der Waals surface area contributed by atoms with Crippen LogP contribution in [-0.2, 0) is 10.8 Å². The molecule has 7 aliphatic rings. The summed E-state index contributed by atoms with van der Waals surface area (Å²) in [4.78, 5) is 5.27. The predicted molar refractivity (Wildman–Crippen MR) is 250 cm³/mol. The largest absolute Gasteiger partial charge is 0.456 e. The fourth-order valence-corrected chi connectivity index (χ4v) is 14.0. The van der Waals surface area contributed by atoms with Crippen LogP contribution < -0.4 is 26.2 Å². The van der Waals surface area contributed by atoms with E-state index >= 15 is 0 Å². The van der Waals surface area contributed by atoms with Gasteiger partial charge in [-0.25, -0.2) is 0 Å². The summed E-state index contributed by atoms with van der Waals surface area (Å²) < 4.78 is 6.31. The zero-order valence-corrected chi connectivity index (χ0v) is 34.6. The Hall–Kier alpha value is -6.00. The number of para-hydroxylation sites is 3. The van der Waals surface area contributed by atoms with Gasteiger partial charge in [-0.1, -0.05) is 112 Å². The summed E-state index contributed by atoms with van der Waals surface area (Å²) in [5.74, 6) is 3.24. The van der Waals surface area contributed by atoms with Crippen molar-refractivity contribution in [2.45, 2.75) is 63.7 Å². The molecular weight excluding hydrogens is 727 g/mol. The molecule has 290 valence electrons. The highest BCUT2D eigenvalue weighted by atomic mass is 16.3. The van der Waals surface area contributed by atoms with Gasteiger partial charge in [-0.05, 0) is 160 Å². The molecule has 4 saturated carbocycles. The molecule has 4 aliphatic carbocycles. The number of nitrogens with zero attached hydrogens (tertiary/aromatic N) is 2. The summed E-state index contributed by atoms with van der Waals surface area (Å²) in [6.45, 7) is 7.16. The topological polar surface area (TPSA) is 19.6 Å². The average molecular weight is 775 g/mol. The van der Waals surface area contributed by atoms with Crippen molar-refractivity contribution in [3.63, 3.8) is 0 Å². The number of fused-ring (bicyclic) bond motifs is 9. The molecule has 8 aromatic rings. The molecule has 0 amide bonds. The van der Waals surface area contributed by atoms with Gasteiger partial charge in [0.2, 0.25) is 0 Å². The fourth-order valence-electron chi connectivity index (χ4n) is 14.0. The first-order valence-electron chi connectivity index (χ1n) is 22.5. The van der Waals surface area contributed by atoms with Crippen LogP contribution in [0.5, 0.6) is 0 Å². The van der Waals surface area contributed by atoms with Gasteiger partial charge in [-0.3, -0.25) is 0 Å². The second kappa shape index (κ2) is 11.6. The van der Waals surface area contributed by atoms with Crippen molar-refractivity contribution in [2.24, 2.45) is 23.7 Å². The zero-order valence-electron chi connectivity index (χ0n) is 34.6. The SMILES string of the molecule is CC(C)(C)c1ccc2c(c1)N(c1ccc(-c3ccc4c(c3)oc3ccccc34)cc1)c1cccc3c1B2c1cccc2c1N3c1ccccc1C21C2CC3CC(C2)CC1C3. The Morgan fingerprint density at radius 2 is 1.20 bits per heavy atom. The van der Waals surface area contributed by atoms with Crippen LogP contribution in [0.25, 0.3) is 33.1 Å². The Kier molecular flexibility index (Phi) is 6.55. The molecule has 0 saturated heterocycles. The van der Waals surface area contributed by atoms with E-state index in [1.165, 1.54) is 93.7 Å². The Morgan fingerprint density at radius 1 is 0.533 bits per heavy atom. The highest BCUT2D eigenvalue weighted by Crippen LogP contribution is 2.69. The van der Waals surface area contributed by atoms with Crippen molar-refractivity contribution in [1.82, 2.24) is 0 Å². The maximum atomic E-state index is 6.31.